The summed E-state index contributed by atoms with van der Waals surface area (Å²) >= 11 is 0. The smallest absolute Gasteiger partial charge is 0.323 e. The van der Waals surface area contributed by atoms with Crippen LogP contribution in [0.4, 0.5) is 0 Å². The number of benzene rings is 2. The van der Waals surface area contributed by atoms with Crippen LogP contribution in [0.3, 0.4) is 0 Å². The van der Waals surface area contributed by atoms with Crippen molar-refractivity contribution in [1.82, 2.24) is 34.6 Å². The second-order valence-electron chi connectivity index (χ2n) is 12.2. The van der Waals surface area contributed by atoms with E-state index in [1.807, 2.05) is 25.7 Å². The van der Waals surface area contributed by atoms with Crippen LogP contribution in [0.1, 0.15) is 53.9 Å². The molecule has 11 nitrogen and oxygen atoms in total. The first-order chi connectivity index (χ1) is 22.9. The minimum atomic E-state index is -0.105. The predicted molar refractivity (Wildman–Crippen MR) is 192 cm³/mol. The molecule has 2 aliphatic heterocycles. The monoisotopic (exact) mass is 709 g/mol. The Bertz CT molecular complexity index is 1580. The van der Waals surface area contributed by atoms with Gasteiger partial charge in [-0.25, -0.2) is 4.98 Å². The molecule has 0 N–H and O–H groups in total. The third-order valence-electron chi connectivity index (χ3n) is 8.75. The lowest BCUT2D eigenvalue weighted by Crippen LogP contribution is -2.67. The van der Waals surface area contributed by atoms with Gasteiger partial charge in [0.25, 0.3) is 5.91 Å². The van der Waals surface area contributed by atoms with Crippen LogP contribution < -0.4 is 14.2 Å². The number of aromatic nitrogens is 4. The van der Waals surface area contributed by atoms with Gasteiger partial charge in [0.1, 0.15) is 5.69 Å². The molecular formula is C36H45Cl2N7O4. The Hall–Kier alpha value is -4.03. The maximum atomic E-state index is 13.6. The van der Waals surface area contributed by atoms with Crippen LogP contribution in [0.25, 0.3) is 0 Å². The van der Waals surface area contributed by atoms with E-state index in [0.717, 1.165) is 25.2 Å². The number of hydrogen-bond acceptors (Lipinski definition) is 10. The quantitative estimate of drug-likeness (QED) is 0.208. The van der Waals surface area contributed by atoms with Crippen molar-refractivity contribution in [2.75, 3.05) is 46.4 Å². The number of carbonyl (C=O) groups is 1. The van der Waals surface area contributed by atoms with Crippen LogP contribution in [-0.2, 0) is 6.54 Å². The number of fused-ring (bicyclic) bond motifs is 1. The summed E-state index contributed by atoms with van der Waals surface area (Å²) in [5.41, 5.74) is 3.65. The highest BCUT2D eigenvalue weighted by Crippen LogP contribution is 2.37. The van der Waals surface area contributed by atoms with E-state index in [-0.39, 0.29) is 60.8 Å². The topological polar surface area (TPSA) is 106 Å². The number of halogens is 2. The summed E-state index contributed by atoms with van der Waals surface area (Å²) in [5.74, 6) is 0.905. The maximum Gasteiger partial charge on any atom is 0.323 e. The van der Waals surface area contributed by atoms with E-state index in [0.29, 0.717) is 43.7 Å². The molecule has 2 saturated heterocycles. The summed E-state index contributed by atoms with van der Waals surface area (Å²) in [5, 5.41) is 0. The standard InChI is InChI=1S/C36H43N7O4.2ClH/c1-5-46-36-39-33(45-4)29(34(40-36)47-25(2)3)23-41-21-28-22-42(35(44)30-20-37-16-17-38-30)18-19-43(28)31(24-41)32(26-12-8-6-9-13-26)27-14-10-7-11-15-27;;/h6-17,20,25,28,31-32H,5,18-19,21-24H2,1-4H3;2*1H. The second kappa shape index (κ2) is 17.6. The van der Waals surface area contributed by atoms with E-state index >= 15 is 0 Å². The molecule has 2 aromatic heterocycles. The van der Waals surface area contributed by atoms with Crippen LogP contribution in [0.2, 0.25) is 0 Å². The number of amides is 1. The molecule has 49 heavy (non-hydrogen) atoms. The van der Waals surface area contributed by atoms with Gasteiger partial charge in [-0.3, -0.25) is 19.6 Å². The molecule has 2 atom stereocenters. The van der Waals surface area contributed by atoms with Crippen molar-refractivity contribution in [3.63, 3.8) is 0 Å². The fourth-order valence-electron chi connectivity index (χ4n) is 6.82. The summed E-state index contributed by atoms with van der Waals surface area (Å²) in [4.78, 5) is 38.1. The lowest BCUT2D eigenvalue weighted by atomic mass is 9.81. The highest BCUT2D eigenvalue weighted by molar-refractivity contribution is 5.92. The zero-order chi connectivity index (χ0) is 32.8. The summed E-state index contributed by atoms with van der Waals surface area (Å²) in [6.07, 6.45) is 4.59. The largest absolute Gasteiger partial charge is 0.481 e. The van der Waals surface area contributed by atoms with E-state index in [1.165, 1.54) is 11.1 Å². The first-order valence-electron chi connectivity index (χ1n) is 16.3. The number of nitrogens with zero attached hydrogens (tertiary/aromatic N) is 7. The van der Waals surface area contributed by atoms with E-state index < -0.39 is 0 Å². The Morgan fingerprint density at radius 1 is 0.898 bits per heavy atom. The summed E-state index contributed by atoms with van der Waals surface area (Å²) in [6.45, 7) is 10.2. The lowest BCUT2D eigenvalue weighted by Gasteiger charge is -2.53. The van der Waals surface area contributed by atoms with Gasteiger partial charge in [0.05, 0.1) is 31.6 Å². The highest BCUT2D eigenvalue weighted by atomic mass is 35.5. The average Bonchev–Trinajstić information content (AvgIpc) is 3.10. The first-order valence-corrected chi connectivity index (χ1v) is 16.3. The number of carbonyl (C=O) groups excluding carboxylic acids is 1. The zero-order valence-electron chi connectivity index (χ0n) is 28.3. The van der Waals surface area contributed by atoms with E-state index in [4.69, 9.17) is 14.2 Å². The van der Waals surface area contributed by atoms with Crippen molar-refractivity contribution in [1.29, 1.82) is 0 Å². The molecule has 262 valence electrons. The molecule has 2 fully saturated rings. The van der Waals surface area contributed by atoms with Crippen LogP contribution >= 0.6 is 24.8 Å². The third-order valence-corrected chi connectivity index (χ3v) is 8.75. The van der Waals surface area contributed by atoms with Gasteiger partial charge in [-0.15, -0.1) is 24.8 Å². The molecule has 13 heteroatoms. The molecule has 0 saturated carbocycles. The maximum absolute atomic E-state index is 13.6. The van der Waals surface area contributed by atoms with Crippen LogP contribution in [0.15, 0.2) is 79.3 Å². The molecular weight excluding hydrogens is 665 g/mol. The van der Waals surface area contributed by atoms with Gasteiger partial charge >= 0.3 is 6.01 Å². The Balaban J connectivity index is 0.00000270. The van der Waals surface area contributed by atoms with Crippen molar-refractivity contribution in [2.45, 2.75) is 51.4 Å². The molecule has 2 aromatic carbocycles. The van der Waals surface area contributed by atoms with E-state index in [2.05, 4.69) is 90.4 Å². The normalized spacial score (nSPS) is 17.9. The lowest BCUT2D eigenvalue weighted by molar-refractivity contribution is -0.0294. The van der Waals surface area contributed by atoms with Crippen LogP contribution in [0.5, 0.6) is 17.8 Å². The molecule has 1 amide bonds. The fraction of sp³-hybridized carbons (Fsp3) is 0.417. The van der Waals surface area contributed by atoms with Gasteiger partial charge in [-0.05, 0) is 31.9 Å². The molecule has 0 bridgehead atoms. The van der Waals surface area contributed by atoms with E-state index in [1.54, 1.807) is 25.7 Å². The van der Waals surface area contributed by atoms with Crippen LogP contribution in [0, 0.1) is 0 Å². The third kappa shape index (κ3) is 8.77. The number of piperazine rings is 2. The minimum Gasteiger partial charge on any atom is -0.481 e. The number of methoxy groups -OCH3 is 1. The van der Waals surface area contributed by atoms with Gasteiger partial charge in [-0.2, -0.15) is 9.97 Å². The number of ether oxygens (including phenoxy) is 3. The van der Waals surface area contributed by atoms with Gasteiger partial charge in [0.15, 0.2) is 0 Å². The Morgan fingerprint density at radius 3 is 2.16 bits per heavy atom. The summed E-state index contributed by atoms with van der Waals surface area (Å²) < 4.78 is 17.7. The van der Waals surface area contributed by atoms with Crippen molar-refractivity contribution < 1.29 is 19.0 Å². The van der Waals surface area contributed by atoms with Gasteiger partial charge < -0.3 is 19.1 Å². The fourth-order valence-corrected chi connectivity index (χ4v) is 6.82. The number of hydrogen-bond donors (Lipinski definition) is 0. The minimum absolute atomic E-state index is 0. The molecule has 4 heterocycles. The Morgan fingerprint density at radius 2 is 1.57 bits per heavy atom. The first kappa shape index (κ1) is 37.8. The Labute approximate surface area is 300 Å². The Kier molecular flexibility index (Phi) is 13.6. The summed E-state index contributed by atoms with van der Waals surface area (Å²) in [6, 6.07) is 21.9. The summed E-state index contributed by atoms with van der Waals surface area (Å²) in [7, 11) is 1.61. The van der Waals surface area contributed by atoms with Crippen LogP contribution in [-0.4, -0.2) is 105 Å². The molecule has 0 spiro atoms. The average molecular weight is 711 g/mol. The highest BCUT2D eigenvalue weighted by Gasteiger charge is 2.43. The molecule has 0 radical (unpaired) electrons. The SMILES string of the molecule is CCOc1nc(OC)c(CN2CC3CN(C(=O)c4cnccn4)CCN3C(C(c3ccccc3)c3ccccc3)C2)c(OC(C)C)n1.Cl.Cl. The molecule has 2 unspecified atom stereocenters. The van der Waals surface area contributed by atoms with Gasteiger partial charge in [0.2, 0.25) is 11.8 Å². The predicted octanol–water partition coefficient (Wildman–Crippen LogP) is 5.15. The van der Waals surface area contributed by atoms with Crippen molar-refractivity contribution in [2.24, 2.45) is 0 Å². The van der Waals surface area contributed by atoms with E-state index in [9.17, 15) is 4.79 Å². The molecule has 6 rings (SSSR count). The van der Waals surface area contributed by atoms with Gasteiger partial charge in [-0.1, -0.05) is 60.7 Å². The molecule has 2 aliphatic rings. The van der Waals surface area contributed by atoms with Gasteiger partial charge in [0, 0.05) is 69.7 Å². The number of rotatable bonds is 11. The van der Waals surface area contributed by atoms with Crippen molar-refractivity contribution >= 4 is 30.7 Å². The van der Waals surface area contributed by atoms with Crippen molar-refractivity contribution in [3.05, 3.63) is 102 Å². The van der Waals surface area contributed by atoms with Crippen molar-refractivity contribution in [3.8, 4) is 17.8 Å². The second-order valence-corrected chi connectivity index (χ2v) is 12.2. The molecule has 0 aliphatic carbocycles. The molecule has 4 aromatic rings. The zero-order valence-corrected chi connectivity index (χ0v) is 30.0.